The fourth-order valence-corrected chi connectivity index (χ4v) is 2.06. The number of carbonyl (C=O) groups excluding carboxylic acids is 1. The summed E-state index contributed by atoms with van der Waals surface area (Å²) in [6.07, 6.45) is 2.41. The average Bonchev–Trinajstić information content (AvgIpc) is 2.60. The summed E-state index contributed by atoms with van der Waals surface area (Å²) in [4.78, 5) is 22.2. The summed E-state index contributed by atoms with van der Waals surface area (Å²) >= 11 is 0. The highest BCUT2D eigenvalue weighted by molar-refractivity contribution is 6.06. The van der Waals surface area contributed by atoms with Gasteiger partial charge in [-0.1, -0.05) is 6.08 Å². The number of nitro benzene ring substituents is 1. The highest BCUT2D eigenvalue weighted by Crippen LogP contribution is 2.34. The van der Waals surface area contributed by atoms with Gasteiger partial charge in [-0.25, -0.2) is 0 Å². The Labute approximate surface area is 146 Å². The second-order valence-corrected chi connectivity index (χ2v) is 4.93. The van der Waals surface area contributed by atoms with Crippen molar-refractivity contribution in [3.8, 4) is 17.2 Å². The first-order chi connectivity index (χ1) is 12.3. The summed E-state index contributed by atoms with van der Waals surface area (Å²) in [6.45, 7) is -2.97. The van der Waals surface area contributed by atoms with Crippen LogP contribution in [0.1, 0.15) is 15.9 Å². The lowest BCUT2D eigenvalue weighted by molar-refractivity contribution is -0.398. The van der Waals surface area contributed by atoms with E-state index in [2.05, 4.69) is 4.74 Å². The van der Waals surface area contributed by atoms with E-state index in [1.165, 1.54) is 43.5 Å². The lowest BCUT2D eigenvalue weighted by Gasteiger charge is -2.13. The fourth-order valence-electron chi connectivity index (χ4n) is 2.06. The van der Waals surface area contributed by atoms with E-state index < -0.39 is 28.8 Å². The number of methoxy groups -OCH3 is 1. The molecule has 2 aromatic rings. The summed E-state index contributed by atoms with van der Waals surface area (Å²) in [6, 6.07) is 7.32. The molecular formula is C17H12F2NO6-. The summed E-state index contributed by atoms with van der Waals surface area (Å²) < 4.78 is 33.2. The minimum absolute atomic E-state index is 0.0908. The molecule has 7 nitrogen and oxygen atoms in total. The number of allylic oxidation sites excluding steroid dienone is 1. The van der Waals surface area contributed by atoms with Crippen LogP contribution in [0.2, 0.25) is 0 Å². The third-order valence-corrected chi connectivity index (χ3v) is 3.27. The van der Waals surface area contributed by atoms with Gasteiger partial charge in [0, 0.05) is 17.4 Å². The molecule has 0 fully saturated rings. The van der Waals surface area contributed by atoms with Gasteiger partial charge in [0.25, 0.3) is 5.69 Å². The van der Waals surface area contributed by atoms with Crippen molar-refractivity contribution in [2.24, 2.45) is 0 Å². The van der Waals surface area contributed by atoms with E-state index in [-0.39, 0.29) is 22.6 Å². The zero-order chi connectivity index (χ0) is 19.3. The normalized spacial score (nSPS) is 10.9. The molecule has 0 bridgehead atoms. The number of halogens is 2. The zero-order valence-electron chi connectivity index (χ0n) is 13.3. The quantitative estimate of drug-likeness (QED) is 0.324. The summed E-state index contributed by atoms with van der Waals surface area (Å²) in [7, 11) is 1.20. The first kappa shape index (κ1) is 18.8. The van der Waals surface area contributed by atoms with Crippen molar-refractivity contribution in [3.63, 3.8) is 0 Å². The number of nitrogens with zero attached hydrogens (tertiary/aromatic N) is 1. The van der Waals surface area contributed by atoms with Crippen LogP contribution in [0.4, 0.5) is 14.5 Å². The predicted octanol–water partition coefficient (Wildman–Crippen LogP) is 3.17. The molecule has 0 aliphatic heterocycles. The van der Waals surface area contributed by atoms with Crippen LogP contribution in [0.5, 0.6) is 17.2 Å². The van der Waals surface area contributed by atoms with E-state index in [0.29, 0.717) is 0 Å². The molecule has 9 heteroatoms. The van der Waals surface area contributed by atoms with E-state index in [1.54, 1.807) is 0 Å². The topological polar surface area (TPSA) is 102 Å². The molecule has 0 radical (unpaired) electrons. The number of carbonyl (C=O) groups is 1. The second kappa shape index (κ2) is 8.06. The highest BCUT2D eigenvalue weighted by Gasteiger charge is 2.13. The molecule has 26 heavy (non-hydrogen) atoms. The minimum Gasteiger partial charge on any atom is -0.865 e. The molecule has 0 heterocycles. The van der Waals surface area contributed by atoms with E-state index >= 15 is 0 Å². The molecule has 2 rings (SSSR count). The molecule has 136 valence electrons. The van der Waals surface area contributed by atoms with Crippen molar-refractivity contribution in [2.45, 2.75) is 6.61 Å². The van der Waals surface area contributed by atoms with Gasteiger partial charge in [-0.2, -0.15) is 8.78 Å². The number of hydrogen-bond acceptors (Lipinski definition) is 6. The Hall–Kier alpha value is -3.49. The fraction of sp³-hybridized carbons (Fsp3) is 0.118. The van der Waals surface area contributed by atoms with Crippen LogP contribution < -0.4 is 14.6 Å². The monoisotopic (exact) mass is 364 g/mol. The lowest BCUT2D eigenvalue weighted by atomic mass is 10.1. The third-order valence-electron chi connectivity index (χ3n) is 3.27. The Morgan fingerprint density at radius 3 is 2.42 bits per heavy atom. The SMILES string of the molecule is COc1cc(/C=C/C(=O)c2ccc(OC(F)F)cc2)cc([N+](=O)[O-])c1[O-]. The van der Waals surface area contributed by atoms with Crippen LogP contribution >= 0.6 is 0 Å². The van der Waals surface area contributed by atoms with Gasteiger partial charge in [0.2, 0.25) is 0 Å². The molecule has 0 saturated heterocycles. The first-order valence-electron chi connectivity index (χ1n) is 7.12. The Morgan fingerprint density at radius 2 is 1.88 bits per heavy atom. The number of benzene rings is 2. The summed E-state index contributed by atoms with van der Waals surface area (Å²) in [5.41, 5.74) is -0.256. The van der Waals surface area contributed by atoms with Crippen molar-refractivity contribution < 1.29 is 33.1 Å². The van der Waals surface area contributed by atoms with Gasteiger partial charge in [0.05, 0.1) is 12.0 Å². The lowest BCUT2D eigenvalue weighted by Crippen LogP contribution is -2.02. The predicted molar refractivity (Wildman–Crippen MR) is 85.5 cm³/mol. The van der Waals surface area contributed by atoms with Gasteiger partial charge in [0.1, 0.15) is 11.5 Å². The van der Waals surface area contributed by atoms with Gasteiger partial charge in [0.15, 0.2) is 5.78 Å². The van der Waals surface area contributed by atoms with Crippen LogP contribution in [0.25, 0.3) is 6.08 Å². The third kappa shape index (κ3) is 4.53. The maximum absolute atomic E-state index is 12.1. The Kier molecular flexibility index (Phi) is 5.84. The van der Waals surface area contributed by atoms with Gasteiger partial charge >= 0.3 is 6.61 Å². The van der Waals surface area contributed by atoms with E-state index in [0.717, 1.165) is 12.1 Å². The molecule has 0 aliphatic rings. The molecule has 0 unspecified atom stereocenters. The van der Waals surface area contributed by atoms with Crippen molar-refractivity contribution in [3.05, 3.63) is 63.7 Å². The average molecular weight is 364 g/mol. The number of nitro groups is 1. The number of alkyl halides is 2. The first-order valence-corrected chi connectivity index (χ1v) is 7.12. The van der Waals surface area contributed by atoms with Crippen LogP contribution in [0.3, 0.4) is 0 Å². The van der Waals surface area contributed by atoms with Crippen LogP contribution in [-0.2, 0) is 0 Å². The smallest absolute Gasteiger partial charge is 0.387 e. The Balaban J connectivity index is 2.22. The molecule has 0 N–H and O–H groups in total. The van der Waals surface area contributed by atoms with Crippen LogP contribution in [0.15, 0.2) is 42.5 Å². The van der Waals surface area contributed by atoms with Crippen molar-refractivity contribution in [2.75, 3.05) is 7.11 Å². The number of ketones is 1. The van der Waals surface area contributed by atoms with Crippen molar-refractivity contribution in [1.29, 1.82) is 0 Å². The molecule has 0 aliphatic carbocycles. The van der Waals surface area contributed by atoms with E-state index in [4.69, 9.17) is 4.74 Å². The zero-order valence-corrected chi connectivity index (χ0v) is 13.3. The van der Waals surface area contributed by atoms with E-state index in [1.807, 2.05) is 0 Å². The van der Waals surface area contributed by atoms with E-state index in [9.17, 15) is 28.8 Å². The Morgan fingerprint density at radius 1 is 1.23 bits per heavy atom. The molecule has 0 atom stereocenters. The van der Waals surface area contributed by atoms with Crippen molar-refractivity contribution >= 4 is 17.5 Å². The summed E-state index contributed by atoms with van der Waals surface area (Å²) in [5.74, 6) is -1.65. The Bertz CT molecular complexity index is 849. The second-order valence-electron chi connectivity index (χ2n) is 4.93. The molecule has 0 saturated carbocycles. The molecule has 0 spiro atoms. The highest BCUT2D eigenvalue weighted by atomic mass is 19.3. The maximum atomic E-state index is 12.1. The van der Waals surface area contributed by atoms with Crippen LogP contribution in [0, 0.1) is 10.1 Å². The standard InChI is InChI=1S/C17H13F2NO6/c1-25-15-9-10(8-13(16(15)22)20(23)24)2-7-14(21)11-3-5-12(6-4-11)26-17(18)19/h2-9,17,22H,1H3/p-1/b7-2+. The van der Waals surface area contributed by atoms with Gasteiger partial charge in [-0.3, -0.25) is 14.9 Å². The number of rotatable bonds is 7. The maximum Gasteiger partial charge on any atom is 0.387 e. The molecule has 2 aromatic carbocycles. The molecular weight excluding hydrogens is 352 g/mol. The molecule has 0 amide bonds. The minimum atomic E-state index is -2.97. The van der Waals surface area contributed by atoms with Gasteiger partial charge in [-0.15, -0.1) is 0 Å². The molecule has 0 aromatic heterocycles. The van der Waals surface area contributed by atoms with Gasteiger partial charge < -0.3 is 14.6 Å². The number of hydrogen-bond donors (Lipinski definition) is 0. The van der Waals surface area contributed by atoms with Gasteiger partial charge in [-0.05, 0) is 42.0 Å². The largest absolute Gasteiger partial charge is 0.865 e. The van der Waals surface area contributed by atoms with Crippen molar-refractivity contribution in [1.82, 2.24) is 0 Å². The summed E-state index contributed by atoms with van der Waals surface area (Å²) in [5, 5.41) is 22.6. The van der Waals surface area contributed by atoms with Crippen LogP contribution in [-0.4, -0.2) is 24.4 Å². The number of ether oxygens (including phenoxy) is 2.